The van der Waals surface area contributed by atoms with Gasteiger partial charge in [0.05, 0.1) is 5.69 Å². The number of hydrogen-bond donors (Lipinski definition) is 0. The Hall–Kier alpha value is -3.48. The minimum atomic E-state index is -0.0303. The molecule has 1 saturated heterocycles. The molecule has 3 aliphatic rings. The van der Waals surface area contributed by atoms with E-state index < -0.39 is 0 Å². The normalized spacial score (nSPS) is 18.8. The Morgan fingerprint density at radius 2 is 1.73 bits per heavy atom. The molecular weight excluding hydrogens is 464 g/mol. The van der Waals surface area contributed by atoms with Crippen molar-refractivity contribution >= 4 is 11.8 Å². The molecule has 2 aliphatic carbocycles. The van der Waals surface area contributed by atoms with Gasteiger partial charge in [-0.2, -0.15) is 0 Å². The maximum Gasteiger partial charge on any atom is 0.292 e. The zero-order chi connectivity index (χ0) is 25.2. The second-order valence-electron chi connectivity index (χ2n) is 10.7. The predicted molar refractivity (Wildman–Crippen MR) is 139 cm³/mol. The van der Waals surface area contributed by atoms with Crippen molar-refractivity contribution in [2.75, 3.05) is 13.1 Å². The number of nitrogens with zero attached hydrogens (tertiary/aromatic N) is 4. The van der Waals surface area contributed by atoms with E-state index >= 15 is 0 Å². The number of aryl methyl sites for hydroxylation is 1. The monoisotopic (exact) mass is 498 g/mol. The van der Waals surface area contributed by atoms with E-state index in [1.807, 2.05) is 29.2 Å². The highest BCUT2D eigenvalue weighted by atomic mass is 16.5. The van der Waals surface area contributed by atoms with Gasteiger partial charge in [0.2, 0.25) is 5.76 Å². The zero-order valence-electron chi connectivity index (χ0n) is 21.2. The number of benzene rings is 1. The summed E-state index contributed by atoms with van der Waals surface area (Å²) in [5.41, 5.74) is 3.72. The molecule has 3 aromatic rings. The molecule has 0 radical (unpaired) electrons. The third kappa shape index (κ3) is 5.04. The maximum atomic E-state index is 13.7. The average Bonchev–Trinajstić information content (AvgIpc) is 3.70. The Kier molecular flexibility index (Phi) is 6.77. The zero-order valence-corrected chi connectivity index (χ0v) is 21.2. The molecule has 37 heavy (non-hydrogen) atoms. The van der Waals surface area contributed by atoms with Crippen LogP contribution < -0.4 is 0 Å². The number of carbonyl (C=O) groups is 2. The van der Waals surface area contributed by atoms with Gasteiger partial charge in [0.15, 0.2) is 0 Å². The first kappa shape index (κ1) is 23.9. The lowest BCUT2D eigenvalue weighted by Gasteiger charge is -2.41. The summed E-state index contributed by atoms with van der Waals surface area (Å²) in [5, 5.41) is 4.19. The van der Waals surface area contributed by atoms with Crippen LogP contribution in [0.2, 0.25) is 0 Å². The van der Waals surface area contributed by atoms with Gasteiger partial charge in [-0.1, -0.05) is 41.6 Å². The Morgan fingerprint density at radius 1 is 0.973 bits per heavy atom. The van der Waals surface area contributed by atoms with Crippen molar-refractivity contribution in [3.05, 3.63) is 83.0 Å². The van der Waals surface area contributed by atoms with E-state index in [0.29, 0.717) is 30.5 Å². The van der Waals surface area contributed by atoms with Gasteiger partial charge in [0.1, 0.15) is 5.69 Å². The summed E-state index contributed by atoms with van der Waals surface area (Å²) in [4.78, 5) is 35.5. The lowest BCUT2D eigenvalue weighted by Crippen LogP contribution is -2.51. The fraction of sp³-hybridized carbons (Fsp3) is 0.467. The molecule has 1 aromatic carbocycles. The molecule has 6 rings (SSSR count). The second kappa shape index (κ2) is 10.5. The van der Waals surface area contributed by atoms with Crippen LogP contribution in [-0.2, 0) is 19.3 Å². The van der Waals surface area contributed by atoms with Crippen LogP contribution in [0.3, 0.4) is 0 Å². The molecule has 0 bridgehead atoms. The number of pyridine rings is 1. The maximum absolute atomic E-state index is 13.7. The summed E-state index contributed by atoms with van der Waals surface area (Å²) < 4.78 is 5.54. The molecule has 0 spiro atoms. The van der Waals surface area contributed by atoms with E-state index in [4.69, 9.17) is 4.52 Å². The van der Waals surface area contributed by atoms with Crippen LogP contribution in [0.25, 0.3) is 0 Å². The molecule has 2 aromatic heterocycles. The molecule has 1 aliphatic heterocycles. The smallest absolute Gasteiger partial charge is 0.292 e. The van der Waals surface area contributed by atoms with Gasteiger partial charge in [-0.3, -0.25) is 14.6 Å². The first-order valence-corrected chi connectivity index (χ1v) is 13.7. The molecule has 3 heterocycles. The van der Waals surface area contributed by atoms with Crippen molar-refractivity contribution in [1.82, 2.24) is 19.9 Å². The minimum absolute atomic E-state index is 0.0239. The fourth-order valence-corrected chi connectivity index (χ4v) is 6.10. The number of likely N-dealkylation sites (tertiary alicyclic amines) is 1. The summed E-state index contributed by atoms with van der Waals surface area (Å²) in [5.74, 6) is 0.744. The lowest BCUT2D eigenvalue weighted by molar-refractivity contribution is 0.0428. The summed E-state index contributed by atoms with van der Waals surface area (Å²) in [6, 6.07) is 16.3. The Balaban J connectivity index is 1.21. The lowest BCUT2D eigenvalue weighted by atomic mass is 9.84. The molecule has 0 N–H and O–H groups in total. The van der Waals surface area contributed by atoms with E-state index in [1.165, 1.54) is 5.56 Å². The van der Waals surface area contributed by atoms with Crippen molar-refractivity contribution < 1.29 is 14.1 Å². The van der Waals surface area contributed by atoms with Crippen LogP contribution in [0.1, 0.15) is 76.4 Å². The SMILES string of the molecule is O=C(c1onc2c1CCCC2)N1CCC([C@H](Cc2ccccc2)N(C(=O)c2ccccn2)C2CC2)CC1. The largest absolute Gasteiger partial charge is 0.350 e. The molecular formula is C30H34N4O3. The first-order valence-electron chi connectivity index (χ1n) is 13.7. The summed E-state index contributed by atoms with van der Waals surface area (Å²) in [7, 11) is 0. The van der Waals surface area contributed by atoms with Gasteiger partial charge in [-0.15, -0.1) is 0 Å². The standard InChI is InChI=1S/C30H34N4O3/c35-29(26-12-6-7-17-31-26)34(23-13-14-23)27(20-21-8-2-1-3-9-21)22-15-18-33(19-16-22)30(36)28-24-10-4-5-11-25(24)32-37-28/h1-3,6-9,12,17,22-23,27H,4-5,10-11,13-16,18-20H2/t27-/m0/s1. The Labute approximate surface area is 217 Å². The van der Waals surface area contributed by atoms with Crippen molar-refractivity contribution in [2.24, 2.45) is 5.92 Å². The van der Waals surface area contributed by atoms with Crippen LogP contribution in [0, 0.1) is 5.92 Å². The average molecular weight is 499 g/mol. The van der Waals surface area contributed by atoms with Crippen molar-refractivity contribution in [3.8, 4) is 0 Å². The third-order valence-electron chi connectivity index (χ3n) is 8.23. The van der Waals surface area contributed by atoms with Gasteiger partial charge in [0.25, 0.3) is 11.8 Å². The summed E-state index contributed by atoms with van der Waals surface area (Å²) in [6.07, 6.45) is 10.3. The molecule has 2 amide bonds. The predicted octanol–water partition coefficient (Wildman–Crippen LogP) is 4.72. The second-order valence-corrected chi connectivity index (χ2v) is 10.7. The van der Waals surface area contributed by atoms with Gasteiger partial charge < -0.3 is 14.3 Å². The number of aromatic nitrogens is 2. The van der Waals surface area contributed by atoms with Gasteiger partial charge in [-0.05, 0) is 81.4 Å². The van der Waals surface area contributed by atoms with Gasteiger partial charge >= 0.3 is 0 Å². The molecule has 192 valence electrons. The number of fused-ring (bicyclic) bond motifs is 1. The number of carbonyl (C=O) groups excluding carboxylic acids is 2. The van der Waals surface area contributed by atoms with Crippen LogP contribution in [0.15, 0.2) is 59.3 Å². The highest BCUT2D eigenvalue weighted by Gasteiger charge is 2.42. The molecule has 1 saturated carbocycles. The topological polar surface area (TPSA) is 79.5 Å². The molecule has 0 unspecified atom stereocenters. The number of hydrogen-bond acceptors (Lipinski definition) is 5. The fourth-order valence-electron chi connectivity index (χ4n) is 6.10. The summed E-state index contributed by atoms with van der Waals surface area (Å²) >= 11 is 0. The van der Waals surface area contributed by atoms with Crippen LogP contribution in [0.5, 0.6) is 0 Å². The van der Waals surface area contributed by atoms with Crippen molar-refractivity contribution in [1.29, 1.82) is 0 Å². The van der Waals surface area contributed by atoms with E-state index in [2.05, 4.69) is 39.3 Å². The Bertz CT molecular complexity index is 1230. The van der Waals surface area contributed by atoms with E-state index in [0.717, 1.165) is 69.0 Å². The molecule has 7 nitrogen and oxygen atoms in total. The van der Waals surface area contributed by atoms with E-state index in [-0.39, 0.29) is 23.9 Å². The molecule has 2 fully saturated rings. The first-order chi connectivity index (χ1) is 18.2. The minimum Gasteiger partial charge on any atom is -0.350 e. The summed E-state index contributed by atoms with van der Waals surface area (Å²) in [6.45, 7) is 1.33. The third-order valence-corrected chi connectivity index (χ3v) is 8.23. The quantitative estimate of drug-likeness (QED) is 0.471. The highest BCUT2D eigenvalue weighted by Crippen LogP contribution is 2.37. The molecule has 7 heteroatoms. The van der Waals surface area contributed by atoms with Gasteiger partial charge in [-0.25, -0.2) is 0 Å². The van der Waals surface area contributed by atoms with Gasteiger partial charge in [0, 0.05) is 36.9 Å². The molecule has 1 atom stereocenters. The number of rotatable bonds is 7. The van der Waals surface area contributed by atoms with Crippen LogP contribution in [-0.4, -0.2) is 56.9 Å². The van der Waals surface area contributed by atoms with Crippen molar-refractivity contribution in [3.63, 3.8) is 0 Å². The Morgan fingerprint density at radius 3 is 2.46 bits per heavy atom. The highest BCUT2D eigenvalue weighted by molar-refractivity contribution is 5.93. The number of amides is 2. The van der Waals surface area contributed by atoms with Crippen molar-refractivity contribution in [2.45, 2.75) is 69.9 Å². The van der Waals surface area contributed by atoms with Crippen LogP contribution in [0.4, 0.5) is 0 Å². The van der Waals surface area contributed by atoms with Crippen LogP contribution >= 0.6 is 0 Å². The van der Waals surface area contributed by atoms with E-state index in [1.54, 1.807) is 6.20 Å². The van der Waals surface area contributed by atoms with E-state index in [9.17, 15) is 9.59 Å². The number of piperidine rings is 1.